The van der Waals surface area contributed by atoms with Gasteiger partial charge in [0.05, 0.1) is 0 Å². The van der Waals surface area contributed by atoms with Gasteiger partial charge in [-0.1, -0.05) is 12.1 Å². The molecule has 4 heteroatoms. The summed E-state index contributed by atoms with van der Waals surface area (Å²) in [5.74, 6) is 0.217. The third-order valence-electron chi connectivity index (χ3n) is 3.69. The number of hydrogen-bond acceptors (Lipinski definition) is 3. The van der Waals surface area contributed by atoms with Gasteiger partial charge in [0.1, 0.15) is 0 Å². The molecule has 0 fully saturated rings. The summed E-state index contributed by atoms with van der Waals surface area (Å²) in [4.78, 5) is 14.1. The first-order valence-electron chi connectivity index (χ1n) is 6.96. The molecule has 1 aromatic rings. The average molecular weight is 261 g/mol. The molecule has 0 spiro atoms. The van der Waals surface area contributed by atoms with Crippen molar-refractivity contribution in [3.8, 4) is 0 Å². The number of aryl methyl sites for hydroxylation is 1. The van der Waals surface area contributed by atoms with E-state index in [9.17, 15) is 4.79 Å². The minimum atomic E-state index is 0.173. The minimum absolute atomic E-state index is 0.173. The van der Waals surface area contributed by atoms with Gasteiger partial charge in [0.15, 0.2) is 0 Å². The van der Waals surface area contributed by atoms with E-state index in [2.05, 4.69) is 30.4 Å². The molecule has 1 amide bonds. The van der Waals surface area contributed by atoms with E-state index in [1.165, 1.54) is 11.1 Å². The van der Waals surface area contributed by atoms with E-state index in [1.54, 1.807) is 0 Å². The van der Waals surface area contributed by atoms with Crippen LogP contribution in [0.2, 0.25) is 0 Å². The summed E-state index contributed by atoms with van der Waals surface area (Å²) in [5.41, 5.74) is 9.23. The quantitative estimate of drug-likeness (QED) is 0.843. The Labute approximate surface area is 115 Å². The predicted octanol–water partition coefficient (Wildman–Crippen LogP) is 1.42. The Kier molecular flexibility index (Phi) is 4.56. The molecule has 0 saturated heterocycles. The van der Waals surface area contributed by atoms with Crippen LogP contribution in [0.4, 0.5) is 5.69 Å². The Morgan fingerprint density at radius 1 is 1.42 bits per heavy atom. The summed E-state index contributed by atoms with van der Waals surface area (Å²) in [6, 6.07) is 6.55. The topological polar surface area (TPSA) is 58.4 Å². The number of fused-ring (bicyclic) bond motifs is 1. The molecule has 1 heterocycles. The largest absolute Gasteiger partial charge is 0.330 e. The number of nitrogens with two attached hydrogens (primary N) is 1. The Morgan fingerprint density at radius 3 is 2.89 bits per heavy atom. The van der Waals surface area contributed by atoms with Gasteiger partial charge in [0.2, 0.25) is 5.91 Å². The van der Waals surface area contributed by atoms with Crippen LogP contribution in [0.15, 0.2) is 18.2 Å². The normalized spacial score (nSPS) is 16.4. The second-order valence-corrected chi connectivity index (χ2v) is 5.18. The lowest BCUT2D eigenvalue weighted by atomic mass is 9.96. The van der Waals surface area contributed by atoms with Gasteiger partial charge in [-0.3, -0.25) is 4.79 Å². The molecule has 104 valence electrons. The number of rotatable bonds is 5. The molecule has 1 atom stereocenters. The summed E-state index contributed by atoms with van der Waals surface area (Å²) in [6.45, 7) is 3.54. The van der Waals surface area contributed by atoms with Crippen molar-refractivity contribution in [3.05, 3.63) is 29.3 Å². The van der Waals surface area contributed by atoms with Crippen LogP contribution in [0.1, 0.15) is 30.9 Å². The van der Waals surface area contributed by atoms with Crippen LogP contribution in [0.5, 0.6) is 0 Å². The van der Waals surface area contributed by atoms with Crippen LogP contribution >= 0.6 is 0 Å². The highest BCUT2D eigenvalue weighted by Gasteiger charge is 2.27. The highest BCUT2D eigenvalue weighted by molar-refractivity contribution is 5.97. The van der Waals surface area contributed by atoms with Crippen LogP contribution in [0.3, 0.4) is 0 Å². The number of carbonyl (C=O) groups excluding carboxylic acids is 1. The van der Waals surface area contributed by atoms with E-state index >= 15 is 0 Å². The number of nitrogens with zero attached hydrogens (tertiary/aromatic N) is 1. The van der Waals surface area contributed by atoms with Gasteiger partial charge in [-0.2, -0.15) is 0 Å². The zero-order valence-corrected chi connectivity index (χ0v) is 11.8. The fraction of sp³-hybridized carbons (Fsp3) is 0.533. The van der Waals surface area contributed by atoms with Gasteiger partial charge in [-0.25, -0.2) is 0 Å². The third kappa shape index (κ3) is 2.96. The lowest BCUT2D eigenvalue weighted by molar-refractivity contribution is -0.119. The van der Waals surface area contributed by atoms with Crippen molar-refractivity contribution >= 4 is 11.6 Å². The maximum Gasteiger partial charge on any atom is 0.227 e. The lowest BCUT2D eigenvalue weighted by Gasteiger charge is -2.34. The molecule has 2 rings (SSSR count). The van der Waals surface area contributed by atoms with E-state index < -0.39 is 0 Å². The summed E-state index contributed by atoms with van der Waals surface area (Å²) in [6.07, 6.45) is 2.28. The van der Waals surface area contributed by atoms with Crippen molar-refractivity contribution in [2.24, 2.45) is 5.73 Å². The van der Waals surface area contributed by atoms with Gasteiger partial charge < -0.3 is 16.0 Å². The molecule has 0 aliphatic carbocycles. The molecule has 1 aliphatic rings. The second-order valence-electron chi connectivity index (χ2n) is 5.18. The Bertz CT molecular complexity index is 459. The molecule has 1 aliphatic heterocycles. The average Bonchev–Trinajstić information content (AvgIpc) is 2.39. The van der Waals surface area contributed by atoms with Gasteiger partial charge >= 0.3 is 0 Å². The van der Waals surface area contributed by atoms with Crippen molar-refractivity contribution in [2.75, 3.05) is 18.5 Å². The van der Waals surface area contributed by atoms with Crippen molar-refractivity contribution in [2.45, 2.75) is 38.8 Å². The maximum absolute atomic E-state index is 12.2. The maximum atomic E-state index is 12.2. The van der Waals surface area contributed by atoms with Crippen LogP contribution in [0.25, 0.3) is 0 Å². The Hall–Kier alpha value is -1.39. The van der Waals surface area contributed by atoms with Crippen molar-refractivity contribution in [1.82, 2.24) is 5.32 Å². The predicted molar refractivity (Wildman–Crippen MR) is 78.1 cm³/mol. The highest BCUT2D eigenvalue weighted by Crippen LogP contribution is 2.31. The SMILES string of the molecule is CNCc1ccc2c(c1)CCC(=O)N2C(C)CCN. The van der Waals surface area contributed by atoms with E-state index in [-0.39, 0.29) is 11.9 Å². The Morgan fingerprint density at radius 2 is 2.21 bits per heavy atom. The van der Waals surface area contributed by atoms with Gasteiger partial charge in [-0.15, -0.1) is 0 Å². The highest BCUT2D eigenvalue weighted by atomic mass is 16.2. The van der Waals surface area contributed by atoms with Gasteiger partial charge in [0.25, 0.3) is 0 Å². The summed E-state index contributed by atoms with van der Waals surface area (Å²) >= 11 is 0. The van der Waals surface area contributed by atoms with Gasteiger partial charge in [-0.05, 0) is 50.6 Å². The molecule has 3 N–H and O–H groups in total. The summed E-state index contributed by atoms with van der Waals surface area (Å²) in [7, 11) is 1.94. The second kappa shape index (κ2) is 6.17. The molecule has 1 unspecified atom stereocenters. The van der Waals surface area contributed by atoms with Crippen LogP contribution < -0.4 is 16.0 Å². The fourth-order valence-electron chi connectivity index (χ4n) is 2.74. The number of nitrogens with one attached hydrogen (secondary N) is 1. The first-order chi connectivity index (χ1) is 9.17. The van der Waals surface area contributed by atoms with E-state index in [0.29, 0.717) is 13.0 Å². The third-order valence-corrected chi connectivity index (χ3v) is 3.69. The molecular weight excluding hydrogens is 238 g/mol. The van der Waals surface area contributed by atoms with Gasteiger partial charge in [0, 0.05) is 24.7 Å². The van der Waals surface area contributed by atoms with E-state index in [0.717, 1.165) is 25.1 Å². The fourth-order valence-corrected chi connectivity index (χ4v) is 2.74. The monoisotopic (exact) mass is 261 g/mol. The summed E-state index contributed by atoms with van der Waals surface area (Å²) in [5, 5.41) is 3.16. The number of anilines is 1. The Balaban J connectivity index is 2.31. The molecule has 0 saturated carbocycles. The summed E-state index contributed by atoms with van der Waals surface area (Å²) < 4.78 is 0. The molecule has 0 aromatic heterocycles. The van der Waals surface area contributed by atoms with Crippen molar-refractivity contribution in [3.63, 3.8) is 0 Å². The zero-order valence-electron chi connectivity index (χ0n) is 11.8. The van der Waals surface area contributed by atoms with Crippen molar-refractivity contribution in [1.29, 1.82) is 0 Å². The number of carbonyl (C=O) groups is 1. The molecule has 1 aromatic carbocycles. The molecule has 0 radical (unpaired) electrons. The molecule has 19 heavy (non-hydrogen) atoms. The van der Waals surface area contributed by atoms with Crippen LogP contribution in [0, 0.1) is 0 Å². The zero-order chi connectivity index (χ0) is 13.8. The lowest BCUT2D eigenvalue weighted by Crippen LogP contribution is -2.42. The molecular formula is C15H23N3O. The number of benzene rings is 1. The smallest absolute Gasteiger partial charge is 0.227 e. The number of amides is 1. The van der Waals surface area contributed by atoms with E-state index in [1.807, 2.05) is 11.9 Å². The minimum Gasteiger partial charge on any atom is -0.330 e. The van der Waals surface area contributed by atoms with E-state index in [4.69, 9.17) is 5.73 Å². The number of hydrogen-bond donors (Lipinski definition) is 2. The van der Waals surface area contributed by atoms with Crippen molar-refractivity contribution < 1.29 is 4.79 Å². The first kappa shape index (κ1) is 14.0. The first-order valence-corrected chi connectivity index (χ1v) is 6.96. The standard InChI is InChI=1S/C15H23N3O/c1-11(7-8-16)18-14-5-3-12(10-17-2)9-13(14)4-6-15(18)19/h3,5,9,11,17H,4,6-8,10,16H2,1-2H3. The molecule has 0 bridgehead atoms. The van der Waals surface area contributed by atoms with Crippen LogP contribution in [-0.4, -0.2) is 25.5 Å². The molecule has 4 nitrogen and oxygen atoms in total. The van der Waals surface area contributed by atoms with Crippen LogP contribution in [-0.2, 0) is 17.8 Å².